The molecule has 0 bridgehead atoms. The monoisotopic (exact) mass is 159 g/mol. The van der Waals surface area contributed by atoms with Crippen LogP contribution in [0.2, 0.25) is 0 Å². The number of ether oxygens (including phenoxy) is 1. The maximum Gasteiger partial charge on any atom is 0.306 e. The molecule has 0 saturated carbocycles. The second kappa shape index (κ2) is 2.79. The lowest BCUT2D eigenvalue weighted by Gasteiger charge is -2.17. The van der Waals surface area contributed by atoms with Crippen molar-refractivity contribution in [3.05, 3.63) is 0 Å². The van der Waals surface area contributed by atoms with Gasteiger partial charge in [0.1, 0.15) is 5.72 Å². The SMILES string of the molecule is CC1(C)NC[C@@H](CC(=O)O)O1. The second-order valence-electron chi connectivity index (χ2n) is 3.23. The molecule has 0 spiro atoms. The summed E-state index contributed by atoms with van der Waals surface area (Å²) in [5.74, 6) is -0.811. The van der Waals surface area contributed by atoms with Crippen molar-refractivity contribution >= 4 is 5.97 Å². The molecule has 1 heterocycles. The van der Waals surface area contributed by atoms with Crippen molar-refractivity contribution in [1.29, 1.82) is 0 Å². The highest BCUT2D eigenvalue weighted by molar-refractivity contribution is 5.67. The van der Waals surface area contributed by atoms with Crippen molar-refractivity contribution in [2.24, 2.45) is 0 Å². The largest absolute Gasteiger partial charge is 0.481 e. The fourth-order valence-electron chi connectivity index (χ4n) is 1.17. The van der Waals surface area contributed by atoms with Crippen molar-refractivity contribution in [3.8, 4) is 0 Å². The average Bonchev–Trinajstić information content (AvgIpc) is 2.08. The molecule has 4 heteroatoms. The molecule has 1 atom stereocenters. The summed E-state index contributed by atoms with van der Waals surface area (Å²) in [7, 11) is 0. The second-order valence-corrected chi connectivity index (χ2v) is 3.23. The normalized spacial score (nSPS) is 28.7. The number of nitrogens with one attached hydrogen (secondary N) is 1. The Labute approximate surface area is 65.5 Å². The van der Waals surface area contributed by atoms with Gasteiger partial charge in [-0.05, 0) is 13.8 Å². The average molecular weight is 159 g/mol. The number of hydrogen-bond acceptors (Lipinski definition) is 3. The van der Waals surface area contributed by atoms with Gasteiger partial charge in [0.15, 0.2) is 0 Å². The van der Waals surface area contributed by atoms with E-state index in [1.54, 1.807) is 0 Å². The number of carboxylic acids is 1. The molecule has 0 aromatic rings. The number of carboxylic acid groups (broad SMARTS) is 1. The standard InChI is InChI=1S/C7H13NO3/c1-7(2)8-4-5(11-7)3-6(9)10/h5,8H,3-4H2,1-2H3,(H,9,10)/t5-/m1/s1. The minimum Gasteiger partial charge on any atom is -0.481 e. The predicted octanol–water partition coefficient (Wildman–Crippen LogP) is 0.186. The molecule has 0 aromatic heterocycles. The molecule has 0 amide bonds. The first-order chi connectivity index (χ1) is 4.99. The number of rotatable bonds is 2. The van der Waals surface area contributed by atoms with Gasteiger partial charge >= 0.3 is 5.97 Å². The predicted molar refractivity (Wildman–Crippen MR) is 39.2 cm³/mol. The number of hydrogen-bond donors (Lipinski definition) is 2. The molecule has 2 N–H and O–H groups in total. The lowest BCUT2D eigenvalue weighted by molar-refractivity contribution is -0.140. The van der Waals surface area contributed by atoms with Gasteiger partial charge in [-0.3, -0.25) is 10.1 Å². The van der Waals surface area contributed by atoms with Gasteiger partial charge in [-0.15, -0.1) is 0 Å². The Hall–Kier alpha value is -0.610. The van der Waals surface area contributed by atoms with Crippen LogP contribution in [0.15, 0.2) is 0 Å². The smallest absolute Gasteiger partial charge is 0.306 e. The molecule has 64 valence electrons. The van der Waals surface area contributed by atoms with Gasteiger partial charge in [0.05, 0.1) is 12.5 Å². The third-order valence-electron chi connectivity index (χ3n) is 1.62. The Morgan fingerprint density at radius 1 is 1.82 bits per heavy atom. The van der Waals surface area contributed by atoms with Crippen LogP contribution in [-0.2, 0) is 9.53 Å². The molecule has 0 aromatic carbocycles. The molecule has 4 nitrogen and oxygen atoms in total. The van der Waals surface area contributed by atoms with Crippen molar-refractivity contribution in [3.63, 3.8) is 0 Å². The highest BCUT2D eigenvalue weighted by Gasteiger charge is 2.31. The third-order valence-corrected chi connectivity index (χ3v) is 1.62. The van der Waals surface area contributed by atoms with Gasteiger partial charge < -0.3 is 9.84 Å². The molecule has 1 saturated heterocycles. The lowest BCUT2D eigenvalue weighted by Crippen LogP contribution is -2.33. The van der Waals surface area contributed by atoms with Crippen LogP contribution in [-0.4, -0.2) is 29.4 Å². The minimum atomic E-state index is -0.811. The molecule has 1 aliphatic rings. The minimum absolute atomic E-state index is 0.0798. The molecule has 0 radical (unpaired) electrons. The first-order valence-electron chi connectivity index (χ1n) is 3.64. The molecule has 0 unspecified atom stereocenters. The summed E-state index contributed by atoms with van der Waals surface area (Å²) < 4.78 is 5.37. The maximum atomic E-state index is 10.3. The topological polar surface area (TPSA) is 58.6 Å². The summed E-state index contributed by atoms with van der Waals surface area (Å²) in [6.07, 6.45) is -0.0984. The molecule has 1 fully saturated rings. The number of aliphatic carboxylic acids is 1. The van der Waals surface area contributed by atoms with Gasteiger partial charge in [0.25, 0.3) is 0 Å². The van der Waals surface area contributed by atoms with Crippen LogP contribution in [0, 0.1) is 0 Å². The van der Waals surface area contributed by atoms with Gasteiger partial charge in [-0.25, -0.2) is 0 Å². The van der Waals surface area contributed by atoms with Crippen LogP contribution in [0.5, 0.6) is 0 Å². The lowest BCUT2D eigenvalue weighted by atomic mass is 10.3. The van der Waals surface area contributed by atoms with Gasteiger partial charge in [-0.1, -0.05) is 0 Å². The van der Waals surface area contributed by atoms with E-state index in [-0.39, 0.29) is 18.2 Å². The summed E-state index contributed by atoms with van der Waals surface area (Å²) in [5.41, 5.74) is -0.361. The first-order valence-corrected chi connectivity index (χ1v) is 3.64. The third kappa shape index (κ3) is 2.48. The van der Waals surface area contributed by atoms with Crippen LogP contribution in [0.25, 0.3) is 0 Å². The van der Waals surface area contributed by atoms with E-state index >= 15 is 0 Å². The highest BCUT2D eigenvalue weighted by Crippen LogP contribution is 2.17. The van der Waals surface area contributed by atoms with Gasteiger partial charge in [0, 0.05) is 6.54 Å². The van der Waals surface area contributed by atoms with E-state index in [4.69, 9.17) is 9.84 Å². The van der Waals surface area contributed by atoms with Crippen LogP contribution < -0.4 is 5.32 Å². The van der Waals surface area contributed by atoms with E-state index in [1.165, 1.54) is 0 Å². The van der Waals surface area contributed by atoms with Gasteiger partial charge in [-0.2, -0.15) is 0 Å². The molecular formula is C7H13NO3. The maximum absolute atomic E-state index is 10.3. The van der Waals surface area contributed by atoms with Crippen LogP contribution >= 0.6 is 0 Å². The van der Waals surface area contributed by atoms with E-state index in [0.717, 1.165) is 0 Å². The van der Waals surface area contributed by atoms with E-state index in [0.29, 0.717) is 6.54 Å². The van der Waals surface area contributed by atoms with Crippen LogP contribution in [0.1, 0.15) is 20.3 Å². The molecular weight excluding hydrogens is 146 g/mol. The molecule has 1 aliphatic heterocycles. The zero-order valence-electron chi connectivity index (χ0n) is 6.76. The van der Waals surface area contributed by atoms with Gasteiger partial charge in [0.2, 0.25) is 0 Å². The van der Waals surface area contributed by atoms with Crippen molar-refractivity contribution in [2.75, 3.05) is 6.54 Å². The summed E-state index contributed by atoms with van der Waals surface area (Å²) in [6, 6.07) is 0. The number of carbonyl (C=O) groups is 1. The van der Waals surface area contributed by atoms with E-state index in [2.05, 4.69) is 5.32 Å². The highest BCUT2D eigenvalue weighted by atomic mass is 16.5. The fraction of sp³-hybridized carbons (Fsp3) is 0.857. The Balaban J connectivity index is 2.36. The van der Waals surface area contributed by atoms with Crippen molar-refractivity contribution < 1.29 is 14.6 Å². The van der Waals surface area contributed by atoms with Crippen molar-refractivity contribution in [2.45, 2.75) is 32.1 Å². The summed E-state index contributed by atoms with van der Waals surface area (Å²) in [6.45, 7) is 4.39. The Kier molecular flexibility index (Phi) is 2.15. The molecule has 0 aliphatic carbocycles. The zero-order valence-corrected chi connectivity index (χ0v) is 6.76. The van der Waals surface area contributed by atoms with Crippen molar-refractivity contribution in [1.82, 2.24) is 5.32 Å². The molecule has 1 rings (SSSR count). The van der Waals surface area contributed by atoms with Crippen LogP contribution in [0.3, 0.4) is 0 Å². The quantitative estimate of drug-likeness (QED) is 0.603. The van der Waals surface area contributed by atoms with Crippen LogP contribution in [0.4, 0.5) is 0 Å². The summed E-state index contributed by atoms with van der Waals surface area (Å²) in [5, 5.41) is 11.5. The first kappa shape index (κ1) is 8.49. The van der Waals surface area contributed by atoms with E-state index in [9.17, 15) is 4.79 Å². The fourth-order valence-corrected chi connectivity index (χ4v) is 1.17. The Morgan fingerprint density at radius 3 is 2.82 bits per heavy atom. The Morgan fingerprint density at radius 2 is 2.45 bits per heavy atom. The zero-order chi connectivity index (χ0) is 8.48. The summed E-state index contributed by atoms with van der Waals surface area (Å²) >= 11 is 0. The Bertz CT molecular complexity index is 167. The molecule has 11 heavy (non-hydrogen) atoms. The van der Waals surface area contributed by atoms with E-state index in [1.807, 2.05) is 13.8 Å². The van der Waals surface area contributed by atoms with E-state index < -0.39 is 5.97 Å². The summed E-state index contributed by atoms with van der Waals surface area (Å²) in [4.78, 5) is 10.3.